The Bertz CT molecular complexity index is 1210. The number of anilines is 1. The van der Waals surface area contributed by atoms with E-state index in [-0.39, 0.29) is 28.6 Å². The van der Waals surface area contributed by atoms with Crippen LogP contribution in [0.5, 0.6) is 11.5 Å². The van der Waals surface area contributed by atoms with Crippen LogP contribution in [0.2, 0.25) is 0 Å². The molecule has 1 unspecified atom stereocenters. The summed E-state index contributed by atoms with van der Waals surface area (Å²) in [5, 5.41) is 13.3. The largest absolute Gasteiger partial charge is 0.497 e. The van der Waals surface area contributed by atoms with Gasteiger partial charge in [-0.25, -0.2) is 9.37 Å². The number of thiazole rings is 1. The normalized spacial score (nSPS) is 11.7. The first-order chi connectivity index (χ1) is 16.0. The molecule has 0 saturated carbocycles. The molecular weight excluding hydrogens is 467 g/mol. The van der Waals surface area contributed by atoms with E-state index in [1.54, 1.807) is 14.0 Å². The van der Waals surface area contributed by atoms with Crippen molar-refractivity contribution in [3.8, 4) is 22.8 Å². The molecule has 0 saturated heterocycles. The van der Waals surface area contributed by atoms with Gasteiger partial charge in [0, 0.05) is 10.9 Å². The highest BCUT2D eigenvalue weighted by Gasteiger charge is 2.17. The SMILES string of the molecule is COc1ccc(-c2csc(NC(=O)CSc3nnc(C(C)Oc4ccc(F)cc4)o3)n2)cc1. The van der Waals surface area contributed by atoms with Gasteiger partial charge in [0.15, 0.2) is 11.2 Å². The molecule has 4 aromatic rings. The van der Waals surface area contributed by atoms with Crippen LogP contribution in [0.15, 0.2) is 63.6 Å². The first-order valence-corrected chi connectivity index (χ1v) is 11.6. The van der Waals surface area contributed by atoms with Gasteiger partial charge in [-0.1, -0.05) is 11.8 Å². The Kier molecular flexibility index (Phi) is 7.20. The third-order valence-corrected chi connectivity index (χ3v) is 5.94. The van der Waals surface area contributed by atoms with Crippen LogP contribution in [0.4, 0.5) is 9.52 Å². The Balaban J connectivity index is 1.27. The van der Waals surface area contributed by atoms with E-state index >= 15 is 0 Å². The standard InChI is InChI=1S/C22H19FN4O4S2/c1-13(30-17-9-5-15(23)6-10-17)20-26-27-22(31-20)33-12-19(28)25-21-24-18(11-32-21)14-3-7-16(29-2)8-4-14/h3-11,13H,12H2,1-2H3,(H,24,25,28). The van der Waals surface area contributed by atoms with Crippen molar-refractivity contribution < 1.29 is 23.1 Å². The summed E-state index contributed by atoms with van der Waals surface area (Å²) in [6.07, 6.45) is -0.530. The number of hydrogen-bond acceptors (Lipinski definition) is 9. The zero-order chi connectivity index (χ0) is 23.2. The Morgan fingerprint density at radius 2 is 1.88 bits per heavy atom. The van der Waals surface area contributed by atoms with E-state index in [0.29, 0.717) is 10.9 Å². The lowest BCUT2D eigenvalue weighted by atomic mass is 10.2. The number of benzene rings is 2. The van der Waals surface area contributed by atoms with Gasteiger partial charge in [-0.05, 0) is 55.5 Å². The first-order valence-electron chi connectivity index (χ1n) is 9.78. The maximum absolute atomic E-state index is 13.0. The molecule has 2 aromatic heterocycles. The van der Waals surface area contributed by atoms with Gasteiger partial charge < -0.3 is 19.2 Å². The molecule has 0 aliphatic carbocycles. The second-order valence-electron chi connectivity index (χ2n) is 6.72. The molecule has 1 atom stereocenters. The monoisotopic (exact) mass is 486 g/mol. The molecule has 1 N–H and O–H groups in total. The van der Waals surface area contributed by atoms with Crippen LogP contribution < -0.4 is 14.8 Å². The number of thioether (sulfide) groups is 1. The molecule has 0 bridgehead atoms. The molecule has 1 amide bonds. The van der Waals surface area contributed by atoms with Crippen molar-refractivity contribution >= 4 is 34.1 Å². The van der Waals surface area contributed by atoms with Crippen molar-refractivity contribution in [2.24, 2.45) is 0 Å². The van der Waals surface area contributed by atoms with Crippen LogP contribution in [-0.4, -0.2) is 34.0 Å². The summed E-state index contributed by atoms with van der Waals surface area (Å²) in [7, 11) is 1.61. The van der Waals surface area contributed by atoms with Crippen molar-refractivity contribution in [2.75, 3.05) is 18.2 Å². The number of nitrogens with zero attached hydrogens (tertiary/aromatic N) is 3. The predicted molar refractivity (Wildman–Crippen MR) is 123 cm³/mol. The van der Waals surface area contributed by atoms with Gasteiger partial charge >= 0.3 is 0 Å². The molecule has 0 aliphatic rings. The summed E-state index contributed by atoms with van der Waals surface area (Å²) in [5.74, 6) is 0.983. The Hall–Kier alpha value is -3.44. The summed E-state index contributed by atoms with van der Waals surface area (Å²) in [5.41, 5.74) is 1.69. The molecule has 0 fully saturated rings. The summed E-state index contributed by atoms with van der Waals surface area (Å²) in [6, 6.07) is 13.2. The highest BCUT2D eigenvalue weighted by Crippen LogP contribution is 2.27. The van der Waals surface area contributed by atoms with Gasteiger partial charge in [-0.3, -0.25) is 4.79 Å². The number of aromatic nitrogens is 3. The van der Waals surface area contributed by atoms with Crippen LogP contribution in [0.25, 0.3) is 11.3 Å². The molecule has 0 aliphatic heterocycles. The van der Waals surface area contributed by atoms with E-state index in [0.717, 1.165) is 28.8 Å². The van der Waals surface area contributed by atoms with Crippen molar-refractivity contribution in [2.45, 2.75) is 18.3 Å². The van der Waals surface area contributed by atoms with Crippen molar-refractivity contribution in [1.82, 2.24) is 15.2 Å². The second-order valence-corrected chi connectivity index (χ2v) is 8.51. The van der Waals surface area contributed by atoms with Gasteiger partial charge in [0.05, 0.1) is 18.6 Å². The molecule has 0 spiro atoms. The van der Waals surface area contributed by atoms with E-state index in [4.69, 9.17) is 13.9 Å². The van der Waals surface area contributed by atoms with Crippen molar-refractivity contribution in [1.29, 1.82) is 0 Å². The maximum atomic E-state index is 13.0. The summed E-state index contributed by atoms with van der Waals surface area (Å²) < 4.78 is 29.4. The Morgan fingerprint density at radius 1 is 1.15 bits per heavy atom. The van der Waals surface area contributed by atoms with Crippen LogP contribution in [0.3, 0.4) is 0 Å². The lowest BCUT2D eigenvalue weighted by Gasteiger charge is -2.10. The molecule has 4 rings (SSSR count). The van der Waals surface area contributed by atoms with Gasteiger partial charge in [0.2, 0.25) is 5.91 Å². The van der Waals surface area contributed by atoms with Crippen LogP contribution in [0.1, 0.15) is 18.9 Å². The fourth-order valence-corrected chi connectivity index (χ4v) is 4.02. The fourth-order valence-electron chi connectivity index (χ4n) is 2.72. The van der Waals surface area contributed by atoms with Crippen LogP contribution in [0, 0.1) is 5.82 Å². The molecule has 8 nitrogen and oxygen atoms in total. The lowest BCUT2D eigenvalue weighted by molar-refractivity contribution is -0.113. The van der Waals surface area contributed by atoms with E-state index in [2.05, 4.69) is 20.5 Å². The number of nitrogens with one attached hydrogen (secondary N) is 1. The number of halogens is 1. The van der Waals surface area contributed by atoms with E-state index < -0.39 is 6.10 Å². The molecular formula is C22H19FN4O4S2. The zero-order valence-corrected chi connectivity index (χ0v) is 19.3. The van der Waals surface area contributed by atoms with Gasteiger partial charge in [-0.2, -0.15) is 0 Å². The number of rotatable bonds is 9. The van der Waals surface area contributed by atoms with Crippen molar-refractivity contribution in [3.05, 3.63) is 65.6 Å². The average molecular weight is 487 g/mol. The third kappa shape index (κ3) is 6.08. The zero-order valence-electron chi connectivity index (χ0n) is 17.6. The highest BCUT2D eigenvalue weighted by molar-refractivity contribution is 7.99. The minimum Gasteiger partial charge on any atom is -0.497 e. The first kappa shape index (κ1) is 22.7. The number of methoxy groups -OCH3 is 1. The Labute approximate surface area is 197 Å². The topological polar surface area (TPSA) is 99.4 Å². The molecule has 0 radical (unpaired) electrons. The number of hydrogen-bond donors (Lipinski definition) is 1. The van der Waals surface area contributed by atoms with Gasteiger partial charge in [0.25, 0.3) is 11.1 Å². The highest BCUT2D eigenvalue weighted by atomic mass is 32.2. The number of amides is 1. The van der Waals surface area contributed by atoms with Gasteiger partial charge in [-0.15, -0.1) is 21.5 Å². The summed E-state index contributed by atoms with van der Waals surface area (Å²) in [6.45, 7) is 1.74. The second kappa shape index (κ2) is 10.5. The molecule has 11 heteroatoms. The minimum atomic E-state index is -0.530. The third-order valence-electron chi connectivity index (χ3n) is 4.36. The maximum Gasteiger partial charge on any atom is 0.277 e. The quantitative estimate of drug-likeness (QED) is 0.322. The Morgan fingerprint density at radius 3 is 2.61 bits per heavy atom. The average Bonchev–Trinajstić information content (AvgIpc) is 3.49. The number of carbonyl (C=O) groups excluding carboxylic acids is 1. The minimum absolute atomic E-state index is 0.0757. The van der Waals surface area contributed by atoms with E-state index in [1.807, 2.05) is 29.6 Å². The van der Waals surface area contributed by atoms with Gasteiger partial charge in [0.1, 0.15) is 17.3 Å². The summed E-state index contributed by atoms with van der Waals surface area (Å²) in [4.78, 5) is 16.7. The molecule has 2 heterocycles. The molecule has 2 aromatic carbocycles. The fraction of sp³-hybridized carbons (Fsp3) is 0.182. The molecule has 170 valence electrons. The van der Waals surface area contributed by atoms with E-state index in [9.17, 15) is 9.18 Å². The smallest absolute Gasteiger partial charge is 0.277 e. The van der Waals surface area contributed by atoms with Crippen molar-refractivity contribution in [3.63, 3.8) is 0 Å². The van der Waals surface area contributed by atoms with E-state index in [1.165, 1.54) is 35.6 Å². The van der Waals surface area contributed by atoms with Crippen LogP contribution >= 0.6 is 23.1 Å². The predicted octanol–water partition coefficient (Wildman–Crippen LogP) is 5.21. The van der Waals surface area contributed by atoms with Crippen LogP contribution in [-0.2, 0) is 4.79 Å². The number of ether oxygens (including phenoxy) is 2. The number of carbonyl (C=O) groups is 1. The lowest BCUT2D eigenvalue weighted by Crippen LogP contribution is -2.13. The summed E-state index contributed by atoms with van der Waals surface area (Å²) >= 11 is 2.45. The molecule has 33 heavy (non-hydrogen) atoms.